The molecule has 0 saturated carbocycles. The van der Waals surface area contributed by atoms with Crippen molar-refractivity contribution in [2.24, 2.45) is 11.3 Å². The van der Waals surface area contributed by atoms with Gasteiger partial charge in [0.25, 0.3) is 11.8 Å². The van der Waals surface area contributed by atoms with E-state index in [4.69, 9.17) is 10.1 Å². The molecule has 0 aromatic heterocycles. The van der Waals surface area contributed by atoms with Gasteiger partial charge in [-0.2, -0.15) is 13.2 Å². The minimum absolute atomic E-state index is 0.0290. The standard InChI is InChI=1S/C34H43F3N4O4/c1-22-7-8-26(31(43)40-16-13-25(14-17-40)24-9-11-27(12-10-24)34(35,36)37)19-29(22)39-30(42)28(38)18-23-6-5-15-41(20-23)32(44)45-21-33(2,3)4/h7-12,19,23,25,38H,5-6,13-18,20-21H2,1-4H3,(H,39,42). The number of hydrogen-bond donors (Lipinski definition) is 2. The maximum atomic E-state index is 13.3. The molecule has 1 atom stereocenters. The summed E-state index contributed by atoms with van der Waals surface area (Å²) in [5.41, 5.74) is 1.54. The van der Waals surface area contributed by atoms with Crippen molar-refractivity contribution in [3.63, 3.8) is 0 Å². The van der Waals surface area contributed by atoms with Crippen LogP contribution in [0, 0.1) is 23.7 Å². The first-order chi connectivity index (χ1) is 21.1. The first-order valence-corrected chi connectivity index (χ1v) is 15.5. The number of anilines is 1. The largest absolute Gasteiger partial charge is 0.449 e. The molecule has 2 aliphatic heterocycles. The molecule has 0 bridgehead atoms. The van der Waals surface area contributed by atoms with E-state index in [-0.39, 0.29) is 41.4 Å². The molecule has 0 aliphatic carbocycles. The van der Waals surface area contributed by atoms with Gasteiger partial charge in [0, 0.05) is 37.4 Å². The van der Waals surface area contributed by atoms with Crippen LogP contribution in [0.3, 0.4) is 0 Å². The number of alkyl halides is 3. The molecule has 244 valence electrons. The Labute approximate surface area is 262 Å². The Morgan fingerprint density at radius 3 is 2.24 bits per heavy atom. The molecular weight excluding hydrogens is 585 g/mol. The summed E-state index contributed by atoms with van der Waals surface area (Å²) < 4.78 is 44.2. The van der Waals surface area contributed by atoms with Gasteiger partial charge >= 0.3 is 12.3 Å². The normalized spacial score (nSPS) is 18.0. The summed E-state index contributed by atoms with van der Waals surface area (Å²) in [5, 5.41) is 11.2. The average molecular weight is 629 g/mol. The topological polar surface area (TPSA) is 103 Å². The van der Waals surface area contributed by atoms with Gasteiger partial charge in [-0.3, -0.25) is 15.0 Å². The van der Waals surface area contributed by atoms with Gasteiger partial charge in [-0.1, -0.05) is 39.0 Å². The molecule has 0 spiro atoms. The SMILES string of the molecule is Cc1ccc(C(=O)N2CCC(c3ccc(C(F)(F)F)cc3)CC2)cc1NC(=O)C(=N)CC1CCCN(C(=O)OCC(C)(C)C)C1. The number of hydrogen-bond acceptors (Lipinski definition) is 5. The number of rotatable bonds is 7. The van der Waals surface area contributed by atoms with Crippen molar-refractivity contribution in [2.75, 3.05) is 38.1 Å². The van der Waals surface area contributed by atoms with Crippen LogP contribution in [0.5, 0.6) is 0 Å². The fourth-order valence-electron chi connectivity index (χ4n) is 5.78. The highest BCUT2D eigenvalue weighted by atomic mass is 19.4. The predicted octanol–water partition coefficient (Wildman–Crippen LogP) is 7.28. The zero-order valence-corrected chi connectivity index (χ0v) is 26.4. The molecule has 8 nitrogen and oxygen atoms in total. The summed E-state index contributed by atoms with van der Waals surface area (Å²) >= 11 is 0. The third-order valence-electron chi connectivity index (χ3n) is 8.40. The molecule has 2 aliphatic rings. The fraction of sp³-hybridized carbons (Fsp3) is 0.529. The van der Waals surface area contributed by atoms with E-state index in [2.05, 4.69) is 5.32 Å². The molecular formula is C34H43F3N4O4. The van der Waals surface area contributed by atoms with E-state index in [1.54, 1.807) is 28.0 Å². The van der Waals surface area contributed by atoms with Gasteiger partial charge in [0.2, 0.25) is 0 Å². The predicted molar refractivity (Wildman–Crippen MR) is 167 cm³/mol. The highest BCUT2D eigenvalue weighted by Crippen LogP contribution is 2.33. The van der Waals surface area contributed by atoms with Crippen molar-refractivity contribution in [2.45, 2.75) is 71.9 Å². The molecule has 2 saturated heterocycles. The van der Waals surface area contributed by atoms with Crippen molar-refractivity contribution in [3.8, 4) is 0 Å². The molecule has 11 heteroatoms. The van der Waals surface area contributed by atoms with E-state index in [1.165, 1.54) is 12.1 Å². The van der Waals surface area contributed by atoms with Crippen LogP contribution in [0.4, 0.5) is 23.7 Å². The number of piperidine rings is 2. The van der Waals surface area contributed by atoms with E-state index in [9.17, 15) is 27.6 Å². The van der Waals surface area contributed by atoms with Gasteiger partial charge < -0.3 is 19.9 Å². The lowest BCUT2D eigenvalue weighted by atomic mass is 9.88. The molecule has 2 N–H and O–H groups in total. The molecule has 4 rings (SSSR count). The quantitative estimate of drug-likeness (QED) is 0.315. The molecule has 3 amide bonds. The summed E-state index contributed by atoms with van der Waals surface area (Å²) in [7, 11) is 0. The van der Waals surface area contributed by atoms with E-state index in [1.807, 2.05) is 27.7 Å². The lowest BCUT2D eigenvalue weighted by Crippen LogP contribution is -2.42. The Balaban J connectivity index is 1.30. The van der Waals surface area contributed by atoms with Crippen LogP contribution in [0.25, 0.3) is 0 Å². The van der Waals surface area contributed by atoms with Crippen LogP contribution < -0.4 is 5.32 Å². The zero-order valence-electron chi connectivity index (χ0n) is 26.4. The van der Waals surface area contributed by atoms with Gasteiger partial charge in [0.05, 0.1) is 17.9 Å². The van der Waals surface area contributed by atoms with Crippen LogP contribution >= 0.6 is 0 Å². The number of ether oxygens (including phenoxy) is 1. The van der Waals surface area contributed by atoms with Crippen LogP contribution in [0.15, 0.2) is 42.5 Å². The van der Waals surface area contributed by atoms with Gasteiger partial charge in [-0.25, -0.2) is 4.79 Å². The zero-order chi connectivity index (χ0) is 32.9. The summed E-state index contributed by atoms with van der Waals surface area (Å²) in [5.74, 6) is -0.695. The number of halogens is 3. The molecule has 45 heavy (non-hydrogen) atoms. The van der Waals surface area contributed by atoms with E-state index in [0.29, 0.717) is 56.9 Å². The van der Waals surface area contributed by atoms with Crippen molar-refractivity contribution < 1.29 is 32.3 Å². The van der Waals surface area contributed by atoms with E-state index < -0.39 is 17.6 Å². The number of benzene rings is 2. The molecule has 2 fully saturated rings. The maximum absolute atomic E-state index is 13.3. The number of nitrogens with one attached hydrogen (secondary N) is 2. The first-order valence-electron chi connectivity index (χ1n) is 15.5. The highest BCUT2D eigenvalue weighted by Gasteiger charge is 2.31. The van der Waals surface area contributed by atoms with Crippen molar-refractivity contribution >= 4 is 29.3 Å². The number of likely N-dealkylation sites (tertiary alicyclic amines) is 2. The molecule has 0 radical (unpaired) electrons. The van der Waals surface area contributed by atoms with Crippen LogP contribution in [-0.4, -0.2) is 66.2 Å². The molecule has 2 heterocycles. The van der Waals surface area contributed by atoms with Gasteiger partial charge in [0.15, 0.2) is 0 Å². The summed E-state index contributed by atoms with van der Waals surface area (Å²) in [6.45, 7) is 10.0. The first kappa shape index (κ1) is 34.0. The maximum Gasteiger partial charge on any atom is 0.416 e. The van der Waals surface area contributed by atoms with Gasteiger partial charge in [-0.05, 0) is 91.7 Å². The second-order valence-corrected chi connectivity index (χ2v) is 13.4. The van der Waals surface area contributed by atoms with E-state index in [0.717, 1.165) is 36.1 Å². The molecule has 1 unspecified atom stereocenters. The van der Waals surface area contributed by atoms with Crippen LogP contribution in [0.2, 0.25) is 0 Å². The van der Waals surface area contributed by atoms with Crippen molar-refractivity contribution in [1.29, 1.82) is 5.41 Å². The van der Waals surface area contributed by atoms with Crippen LogP contribution in [0.1, 0.15) is 85.8 Å². The Kier molecular flexibility index (Phi) is 10.6. The number of carbonyl (C=O) groups is 3. The van der Waals surface area contributed by atoms with Gasteiger partial charge in [-0.15, -0.1) is 0 Å². The lowest BCUT2D eigenvalue weighted by molar-refractivity contribution is -0.137. The minimum Gasteiger partial charge on any atom is -0.449 e. The number of amides is 3. The molecule has 2 aromatic carbocycles. The second-order valence-electron chi connectivity index (χ2n) is 13.4. The number of aryl methyl sites for hydroxylation is 1. The Morgan fingerprint density at radius 1 is 0.956 bits per heavy atom. The summed E-state index contributed by atoms with van der Waals surface area (Å²) in [6, 6.07) is 10.3. The van der Waals surface area contributed by atoms with E-state index >= 15 is 0 Å². The number of carbonyl (C=O) groups excluding carboxylic acids is 3. The third kappa shape index (κ3) is 9.31. The lowest BCUT2D eigenvalue weighted by Gasteiger charge is -2.33. The monoisotopic (exact) mass is 628 g/mol. The minimum atomic E-state index is -4.37. The van der Waals surface area contributed by atoms with Crippen LogP contribution in [-0.2, 0) is 15.7 Å². The van der Waals surface area contributed by atoms with Gasteiger partial charge in [0.1, 0.15) is 0 Å². The number of nitrogens with zero attached hydrogens (tertiary/aromatic N) is 2. The summed E-state index contributed by atoms with van der Waals surface area (Å²) in [4.78, 5) is 42.2. The van der Waals surface area contributed by atoms with Crippen molar-refractivity contribution in [1.82, 2.24) is 9.80 Å². The Bertz CT molecular complexity index is 1390. The Hall–Kier alpha value is -3.89. The summed E-state index contributed by atoms with van der Waals surface area (Å²) in [6.07, 6.45) is -1.67. The third-order valence-corrected chi connectivity index (χ3v) is 8.40. The van der Waals surface area contributed by atoms with Crippen molar-refractivity contribution in [3.05, 3.63) is 64.7 Å². The highest BCUT2D eigenvalue weighted by molar-refractivity contribution is 6.42. The molecule has 2 aromatic rings. The average Bonchev–Trinajstić information content (AvgIpc) is 3.00. The smallest absolute Gasteiger partial charge is 0.416 e. The second kappa shape index (κ2) is 14.0. The fourth-order valence-corrected chi connectivity index (χ4v) is 5.78. The Morgan fingerprint density at radius 2 is 1.62 bits per heavy atom.